The number of aryl methyl sites for hydroxylation is 1. The van der Waals surface area contributed by atoms with Gasteiger partial charge in [0.2, 0.25) is 0 Å². The standard InChI is InChI=1S/C15H18F3N5/c1-22-10-13(8-20-22)23-6-2-3-12(9-23)21-14-7-11(4-5-19-14)15(16,17)18/h4-5,7-8,10,12H,2-3,6,9H2,1H3,(H,19,21)/t12-/m1/s1. The summed E-state index contributed by atoms with van der Waals surface area (Å²) in [5.74, 6) is 0.262. The molecule has 1 aliphatic heterocycles. The summed E-state index contributed by atoms with van der Waals surface area (Å²) in [4.78, 5) is 6.19. The molecule has 124 valence electrons. The average molecular weight is 325 g/mol. The summed E-state index contributed by atoms with van der Waals surface area (Å²) in [6.45, 7) is 1.63. The Labute approximate surface area is 132 Å². The van der Waals surface area contributed by atoms with Crippen LogP contribution in [-0.4, -0.2) is 33.9 Å². The van der Waals surface area contributed by atoms with Crippen LogP contribution in [0.2, 0.25) is 0 Å². The third kappa shape index (κ3) is 3.75. The monoisotopic (exact) mass is 325 g/mol. The highest BCUT2D eigenvalue weighted by molar-refractivity contribution is 5.45. The maximum atomic E-state index is 12.8. The van der Waals surface area contributed by atoms with E-state index in [0.717, 1.165) is 37.2 Å². The SMILES string of the molecule is Cn1cc(N2CCC[C@@H](Nc3cc(C(F)(F)F)ccn3)C2)cn1. The molecule has 1 fully saturated rings. The van der Waals surface area contributed by atoms with E-state index in [0.29, 0.717) is 6.54 Å². The van der Waals surface area contributed by atoms with Gasteiger partial charge >= 0.3 is 6.18 Å². The van der Waals surface area contributed by atoms with Crippen molar-refractivity contribution in [3.63, 3.8) is 0 Å². The fourth-order valence-electron chi connectivity index (χ4n) is 2.80. The molecule has 0 spiro atoms. The minimum Gasteiger partial charge on any atom is -0.367 e. The molecule has 1 saturated heterocycles. The van der Waals surface area contributed by atoms with E-state index in [9.17, 15) is 13.2 Å². The Morgan fingerprint density at radius 3 is 2.87 bits per heavy atom. The Balaban J connectivity index is 1.68. The summed E-state index contributed by atoms with van der Waals surface area (Å²) in [6.07, 6.45) is 2.43. The molecule has 0 radical (unpaired) electrons. The number of nitrogens with one attached hydrogen (secondary N) is 1. The van der Waals surface area contributed by atoms with Crippen LogP contribution in [0.4, 0.5) is 24.7 Å². The van der Waals surface area contributed by atoms with E-state index in [-0.39, 0.29) is 11.9 Å². The van der Waals surface area contributed by atoms with Gasteiger partial charge in [0.05, 0.1) is 17.4 Å². The second kappa shape index (κ2) is 6.10. The molecule has 3 heterocycles. The van der Waals surface area contributed by atoms with E-state index < -0.39 is 11.7 Å². The lowest BCUT2D eigenvalue weighted by molar-refractivity contribution is -0.137. The van der Waals surface area contributed by atoms with Crippen molar-refractivity contribution in [3.05, 3.63) is 36.3 Å². The Hall–Kier alpha value is -2.25. The van der Waals surface area contributed by atoms with Crippen molar-refractivity contribution in [3.8, 4) is 0 Å². The van der Waals surface area contributed by atoms with Gasteiger partial charge in [-0.15, -0.1) is 0 Å². The van der Waals surface area contributed by atoms with Crippen molar-refractivity contribution in [1.29, 1.82) is 0 Å². The molecule has 23 heavy (non-hydrogen) atoms. The molecule has 1 N–H and O–H groups in total. The van der Waals surface area contributed by atoms with Crippen molar-refractivity contribution >= 4 is 11.5 Å². The van der Waals surface area contributed by atoms with Crippen molar-refractivity contribution in [2.75, 3.05) is 23.3 Å². The van der Waals surface area contributed by atoms with Crippen molar-refractivity contribution in [1.82, 2.24) is 14.8 Å². The van der Waals surface area contributed by atoms with Crippen molar-refractivity contribution < 1.29 is 13.2 Å². The number of hydrogen-bond donors (Lipinski definition) is 1. The Kier molecular flexibility index (Phi) is 4.14. The maximum absolute atomic E-state index is 12.8. The zero-order valence-corrected chi connectivity index (χ0v) is 12.7. The van der Waals surface area contributed by atoms with Gasteiger partial charge in [0.25, 0.3) is 0 Å². The van der Waals surface area contributed by atoms with Gasteiger partial charge in [0, 0.05) is 38.6 Å². The van der Waals surface area contributed by atoms with Crippen molar-refractivity contribution in [2.45, 2.75) is 25.1 Å². The number of nitrogens with zero attached hydrogens (tertiary/aromatic N) is 4. The van der Waals surface area contributed by atoms with Crippen LogP contribution in [0.5, 0.6) is 0 Å². The van der Waals surface area contributed by atoms with E-state index in [1.165, 1.54) is 6.20 Å². The molecule has 2 aromatic heterocycles. The topological polar surface area (TPSA) is 46.0 Å². The van der Waals surface area contributed by atoms with Crippen LogP contribution in [0.1, 0.15) is 18.4 Å². The first-order chi connectivity index (χ1) is 10.9. The van der Waals surface area contributed by atoms with Crippen LogP contribution in [0.15, 0.2) is 30.7 Å². The molecule has 0 aromatic carbocycles. The largest absolute Gasteiger partial charge is 0.416 e. The van der Waals surface area contributed by atoms with Crippen LogP contribution in [0.25, 0.3) is 0 Å². The third-order valence-corrected chi connectivity index (χ3v) is 3.92. The number of alkyl halides is 3. The zero-order chi connectivity index (χ0) is 16.4. The summed E-state index contributed by atoms with van der Waals surface area (Å²) >= 11 is 0. The first kappa shape index (κ1) is 15.6. The van der Waals surface area contributed by atoms with Crippen LogP contribution < -0.4 is 10.2 Å². The Morgan fingerprint density at radius 2 is 2.17 bits per heavy atom. The normalized spacial score (nSPS) is 19.0. The molecular formula is C15H18F3N5. The highest BCUT2D eigenvalue weighted by Gasteiger charge is 2.31. The second-order valence-electron chi connectivity index (χ2n) is 5.73. The Morgan fingerprint density at radius 1 is 1.35 bits per heavy atom. The third-order valence-electron chi connectivity index (χ3n) is 3.92. The first-order valence-corrected chi connectivity index (χ1v) is 7.45. The number of rotatable bonds is 3. The number of hydrogen-bond acceptors (Lipinski definition) is 4. The van der Waals surface area contributed by atoms with Gasteiger partial charge < -0.3 is 10.2 Å². The molecule has 0 amide bonds. The zero-order valence-electron chi connectivity index (χ0n) is 12.7. The molecule has 0 bridgehead atoms. The lowest BCUT2D eigenvalue weighted by Crippen LogP contribution is -2.42. The van der Waals surface area contributed by atoms with Crippen LogP contribution in [0, 0.1) is 0 Å². The van der Waals surface area contributed by atoms with E-state index >= 15 is 0 Å². The average Bonchev–Trinajstić information content (AvgIpc) is 2.94. The number of piperidine rings is 1. The quantitative estimate of drug-likeness (QED) is 0.942. The van der Waals surface area contributed by atoms with Crippen LogP contribution in [-0.2, 0) is 13.2 Å². The lowest BCUT2D eigenvalue weighted by Gasteiger charge is -2.34. The summed E-state index contributed by atoms with van der Waals surface area (Å²) < 4.78 is 40.0. The van der Waals surface area contributed by atoms with Crippen molar-refractivity contribution in [2.24, 2.45) is 7.05 Å². The van der Waals surface area contributed by atoms with Crippen LogP contribution in [0.3, 0.4) is 0 Å². The second-order valence-corrected chi connectivity index (χ2v) is 5.73. The summed E-state index contributed by atoms with van der Waals surface area (Å²) in [6, 6.07) is 2.09. The minimum absolute atomic E-state index is 0.0555. The van der Waals surface area contributed by atoms with E-state index in [1.54, 1.807) is 10.9 Å². The number of anilines is 2. The fraction of sp³-hybridized carbons (Fsp3) is 0.467. The molecule has 5 nitrogen and oxygen atoms in total. The summed E-state index contributed by atoms with van der Waals surface area (Å²) in [7, 11) is 1.86. The minimum atomic E-state index is -4.35. The summed E-state index contributed by atoms with van der Waals surface area (Å²) in [5, 5.41) is 7.28. The van der Waals surface area contributed by atoms with Gasteiger partial charge in [-0.25, -0.2) is 4.98 Å². The molecule has 0 saturated carbocycles. The fourth-order valence-corrected chi connectivity index (χ4v) is 2.80. The van der Waals surface area contributed by atoms with Gasteiger partial charge in [-0.05, 0) is 25.0 Å². The van der Waals surface area contributed by atoms with Gasteiger partial charge in [-0.3, -0.25) is 4.68 Å². The molecule has 8 heteroatoms. The maximum Gasteiger partial charge on any atom is 0.416 e. The number of halogens is 3. The molecule has 3 rings (SSSR count). The van der Waals surface area contributed by atoms with Gasteiger partial charge in [0.1, 0.15) is 5.82 Å². The molecular weight excluding hydrogens is 307 g/mol. The highest BCUT2D eigenvalue weighted by Crippen LogP contribution is 2.30. The highest BCUT2D eigenvalue weighted by atomic mass is 19.4. The number of aromatic nitrogens is 3. The first-order valence-electron chi connectivity index (χ1n) is 7.45. The lowest BCUT2D eigenvalue weighted by atomic mass is 10.1. The molecule has 2 aromatic rings. The van der Waals surface area contributed by atoms with E-state index in [1.807, 2.05) is 13.2 Å². The molecule has 0 unspecified atom stereocenters. The molecule has 1 aliphatic rings. The van der Waals surface area contributed by atoms with E-state index in [2.05, 4.69) is 20.3 Å². The van der Waals surface area contributed by atoms with Gasteiger partial charge in [-0.2, -0.15) is 18.3 Å². The molecule has 0 aliphatic carbocycles. The predicted octanol–water partition coefficient (Wildman–Crippen LogP) is 2.91. The smallest absolute Gasteiger partial charge is 0.367 e. The Bertz CT molecular complexity index is 667. The van der Waals surface area contributed by atoms with Crippen LogP contribution >= 0.6 is 0 Å². The molecule has 1 atom stereocenters. The van der Waals surface area contributed by atoms with E-state index in [4.69, 9.17) is 0 Å². The van der Waals surface area contributed by atoms with Gasteiger partial charge in [0.15, 0.2) is 0 Å². The van der Waals surface area contributed by atoms with Gasteiger partial charge in [-0.1, -0.05) is 0 Å². The summed E-state index contributed by atoms with van der Waals surface area (Å²) in [5.41, 5.74) is 0.339. The number of pyridine rings is 1. The predicted molar refractivity (Wildman–Crippen MR) is 81.3 cm³/mol.